The number of carbonyl (C=O) groups is 1. The number of hydrogen-bond donors (Lipinski definition) is 0. The van der Waals surface area contributed by atoms with Crippen LogP contribution in [0.15, 0.2) is 18.2 Å². The Balaban J connectivity index is 2.26. The minimum Gasteiger partial charge on any atom is -0.465 e. The molecule has 0 amide bonds. The van der Waals surface area contributed by atoms with Crippen LogP contribution in [0, 0.1) is 10.1 Å². The summed E-state index contributed by atoms with van der Waals surface area (Å²) in [5.74, 6) is -0.725. The molecule has 8 heteroatoms. The molecule has 0 bridgehead atoms. The maximum Gasteiger partial charge on any atom is 0.344 e. The zero-order chi connectivity index (χ0) is 16.1. The minimum absolute atomic E-state index is 0.0575. The van der Waals surface area contributed by atoms with E-state index in [-0.39, 0.29) is 17.4 Å². The number of carbonyl (C=O) groups excluding carboxylic acids is 1. The topological polar surface area (TPSA) is 91.1 Å². The van der Waals surface area contributed by atoms with Crippen LogP contribution in [-0.2, 0) is 14.2 Å². The Morgan fingerprint density at radius 1 is 1.50 bits per heavy atom. The van der Waals surface area contributed by atoms with Crippen molar-refractivity contribution < 1.29 is 23.9 Å². The van der Waals surface area contributed by atoms with Crippen molar-refractivity contribution in [3.63, 3.8) is 0 Å². The van der Waals surface area contributed by atoms with Gasteiger partial charge >= 0.3 is 5.97 Å². The van der Waals surface area contributed by atoms with E-state index in [9.17, 15) is 14.9 Å². The lowest BCUT2D eigenvalue weighted by atomic mass is 10.1. The van der Waals surface area contributed by atoms with Crippen molar-refractivity contribution in [1.82, 2.24) is 0 Å². The SMILES string of the molecule is COCC1CN(c2ccc(C(=O)OC)c([N+](=O)[O-])c2)CCO1. The van der Waals surface area contributed by atoms with Crippen LogP contribution in [0.25, 0.3) is 0 Å². The van der Waals surface area contributed by atoms with Gasteiger partial charge in [-0.1, -0.05) is 0 Å². The predicted molar refractivity (Wildman–Crippen MR) is 78.3 cm³/mol. The number of methoxy groups -OCH3 is 2. The van der Waals surface area contributed by atoms with Crippen LogP contribution in [0.4, 0.5) is 11.4 Å². The van der Waals surface area contributed by atoms with E-state index in [0.29, 0.717) is 32.0 Å². The molecule has 8 nitrogen and oxygen atoms in total. The van der Waals surface area contributed by atoms with Gasteiger partial charge in [-0.2, -0.15) is 0 Å². The van der Waals surface area contributed by atoms with Gasteiger partial charge in [-0.3, -0.25) is 10.1 Å². The third-order valence-electron chi connectivity index (χ3n) is 3.44. The third kappa shape index (κ3) is 3.52. The Labute approximate surface area is 127 Å². The second-order valence-corrected chi connectivity index (χ2v) is 4.84. The van der Waals surface area contributed by atoms with Gasteiger partial charge in [-0.05, 0) is 12.1 Å². The summed E-state index contributed by atoms with van der Waals surface area (Å²) in [5.41, 5.74) is 0.348. The highest BCUT2D eigenvalue weighted by Crippen LogP contribution is 2.27. The molecule has 1 aliphatic rings. The molecule has 1 saturated heterocycles. The summed E-state index contributed by atoms with van der Waals surface area (Å²) >= 11 is 0. The molecule has 0 spiro atoms. The zero-order valence-electron chi connectivity index (χ0n) is 12.5. The quantitative estimate of drug-likeness (QED) is 0.459. The lowest BCUT2D eigenvalue weighted by Gasteiger charge is -2.34. The van der Waals surface area contributed by atoms with Crippen molar-refractivity contribution in [2.75, 3.05) is 45.4 Å². The van der Waals surface area contributed by atoms with Gasteiger partial charge in [-0.15, -0.1) is 0 Å². The number of anilines is 1. The summed E-state index contributed by atoms with van der Waals surface area (Å²) in [6.45, 7) is 2.16. The summed E-state index contributed by atoms with van der Waals surface area (Å²) in [7, 11) is 2.79. The van der Waals surface area contributed by atoms with Crippen molar-refractivity contribution in [3.8, 4) is 0 Å². The van der Waals surface area contributed by atoms with Gasteiger partial charge < -0.3 is 19.1 Å². The Bertz CT molecular complexity index is 560. The van der Waals surface area contributed by atoms with E-state index in [4.69, 9.17) is 9.47 Å². The Morgan fingerprint density at radius 3 is 2.91 bits per heavy atom. The molecular formula is C14H18N2O6. The molecule has 1 fully saturated rings. The van der Waals surface area contributed by atoms with Crippen LogP contribution < -0.4 is 4.90 Å². The molecule has 0 N–H and O–H groups in total. The molecule has 120 valence electrons. The fourth-order valence-electron chi connectivity index (χ4n) is 2.39. The molecule has 0 saturated carbocycles. The fraction of sp³-hybridized carbons (Fsp3) is 0.500. The van der Waals surface area contributed by atoms with Crippen LogP contribution in [0.1, 0.15) is 10.4 Å². The predicted octanol–water partition coefficient (Wildman–Crippen LogP) is 1.23. The highest BCUT2D eigenvalue weighted by molar-refractivity contribution is 5.94. The normalized spacial score (nSPS) is 18.1. The number of esters is 1. The summed E-state index contributed by atoms with van der Waals surface area (Å²) in [5, 5.41) is 11.2. The second-order valence-electron chi connectivity index (χ2n) is 4.84. The first-order valence-electron chi connectivity index (χ1n) is 6.79. The molecule has 22 heavy (non-hydrogen) atoms. The lowest BCUT2D eigenvalue weighted by molar-refractivity contribution is -0.385. The van der Waals surface area contributed by atoms with Crippen molar-refractivity contribution in [3.05, 3.63) is 33.9 Å². The van der Waals surface area contributed by atoms with E-state index in [1.807, 2.05) is 4.90 Å². The van der Waals surface area contributed by atoms with E-state index >= 15 is 0 Å². The van der Waals surface area contributed by atoms with Crippen LogP contribution >= 0.6 is 0 Å². The number of nitrogens with zero attached hydrogens (tertiary/aromatic N) is 2. The number of morpholine rings is 1. The van der Waals surface area contributed by atoms with E-state index in [2.05, 4.69) is 4.74 Å². The summed E-state index contributed by atoms with van der Waals surface area (Å²) in [4.78, 5) is 24.2. The summed E-state index contributed by atoms with van der Waals surface area (Å²) < 4.78 is 15.2. The molecule has 0 radical (unpaired) electrons. The van der Waals surface area contributed by atoms with Gasteiger partial charge in [0.15, 0.2) is 0 Å². The number of nitro groups is 1. The van der Waals surface area contributed by atoms with Gasteiger partial charge in [0, 0.05) is 32.0 Å². The smallest absolute Gasteiger partial charge is 0.344 e. The van der Waals surface area contributed by atoms with Gasteiger partial charge in [0.2, 0.25) is 0 Å². The number of rotatable bonds is 5. The molecule has 1 heterocycles. The summed E-state index contributed by atoms with van der Waals surface area (Å²) in [6.07, 6.45) is -0.0851. The first-order chi connectivity index (χ1) is 10.6. The Morgan fingerprint density at radius 2 is 2.27 bits per heavy atom. The highest BCUT2D eigenvalue weighted by Gasteiger charge is 2.25. The molecule has 0 aromatic heterocycles. The maximum absolute atomic E-state index is 11.6. The number of ether oxygens (including phenoxy) is 3. The van der Waals surface area contributed by atoms with E-state index < -0.39 is 10.9 Å². The van der Waals surface area contributed by atoms with Crippen LogP contribution in [-0.4, -0.2) is 57.5 Å². The van der Waals surface area contributed by atoms with Gasteiger partial charge in [-0.25, -0.2) is 4.79 Å². The molecule has 1 aromatic rings. The average Bonchev–Trinajstić information content (AvgIpc) is 2.54. The monoisotopic (exact) mass is 310 g/mol. The molecule has 1 aliphatic heterocycles. The van der Waals surface area contributed by atoms with Gasteiger partial charge in [0.25, 0.3) is 5.69 Å². The summed E-state index contributed by atoms with van der Waals surface area (Å²) in [6, 6.07) is 4.48. The van der Waals surface area contributed by atoms with Gasteiger partial charge in [0.05, 0.1) is 31.4 Å². The number of benzene rings is 1. The standard InChI is InChI=1S/C14H18N2O6/c1-20-9-11-8-15(5-6-22-11)10-3-4-12(14(17)21-2)13(7-10)16(18)19/h3-4,7,11H,5-6,8-9H2,1-2H3. The molecule has 1 aromatic carbocycles. The van der Waals surface area contributed by atoms with Gasteiger partial charge in [0.1, 0.15) is 5.56 Å². The molecule has 1 atom stereocenters. The molecule has 0 aliphatic carbocycles. The first kappa shape index (κ1) is 16.2. The van der Waals surface area contributed by atoms with E-state index in [1.165, 1.54) is 19.2 Å². The average molecular weight is 310 g/mol. The molecular weight excluding hydrogens is 292 g/mol. The lowest BCUT2D eigenvalue weighted by Crippen LogP contribution is -2.44. The third-order valence-corrected chi connectivity index (χ3v) is 3.44. The van der Waals surface area contributed by atoms with Crippen LogP contribution in [0.5, 0.6) is 0 Å². The number of nitro benzene ring substituents is 1. The molecule has 2 rings (SSSR count). The minimum atomic E-state index is -0.725. The van der Waals surface area contributed by atoms with Crippen LogP contribution in [0.2, 0.25) is 0 Å². The zero-order valence-corrected chi connectivity index (χ0v) is 12.5. The maximum atomic E-state index is 11.6. The van der Waals surface area contributed by atoms with Crippen molar-refractivity contribution in [1.29, 1.82) is 0 Å². The first-order valence-corrected chi connectivity index (χ1v) is 6.79. The number of hydrogen-bond acceptors (Lipinski definition) is 7. The van der Waals surface area contributed by atoms with E-state index in [1.54, 1.807) is 13.2 Å². The largest absolute Gasteiger partial charge is 0.465 e. The highest BCUT2D eigenvalue weighted by atomic mass is 16.6. The second kappa shape index (κ2) is 7.19. The molecule has 1 unspecified atom stereocenters. The Kier molecular flexibility index (Phi) is 5.29. The fourth-order valence-corrected chi connectivity index (χ4v) is 2.39. The van der Waals surface area contributed by atoms with E-state index in [0.717, 1.165) is 0 Å². The van der Waals surface area contributed by atoms with Crippen LogP contribution in [0.3, 0.4) is 0 Å². The Hall–Kier alpha value is -2.19. The van der Waals surface area contributed by atoms with Crippen molar-refractivity contribution in [2.45, 2.75) is 6.10 Å². The van der Waals surface area contributed by atoms with Crippen molar-refractivity contribution >= 4 is 17.3 Å². The van der Waals surface area contributed by atoms with Crippen molar-refractivity contribution in [2.24, 2.45) is 0 Å².